The van der Waals surface area contributed by atoms with Crippen LogP contribution in [0.4, 0.5) is 11.6 Å². The van der Waals surface area contributed by atoms with Gasteiger partial charge in [-0.1, -0.05) is 25.3 Å². The highest BCUT2D eigenvalue weighted by Gasteiger charge is 2.15. The van der Waals surface area contributed by atoms with E-state index in [1.807, 2.05) is 31.2 Å². The maximum atomic E-state index is 5.43. The quantitative estimate of drug-likeness (QED) is 0.861. The predicted octanol–water partition coefficient (Wildman–Crippen LogP) is 3.87. The zero-order valence-electron chi connectivity index (χ0n) is 14.5. The second kappa shape index (κ2) is 7.17. The average Bonchev–Trinajstić information content (AvgIpc) is 3.08. The largest absolute Gasteiger partial charge is 0.454 e. The van der Waals surface area contributed by atoms with Crippen LogP contribution in [0.15, 0.2) is 24.3 Å². The Morgan fingerprint density at radius 2 is 1.80 bits per heavy atom. The lowest BCUT2D eigenvalue weighted by atomic mass is 9.95. The van der Waals surface area contributed by atoms with Crippen molar-refractivity contribution in [1.29, 1.82) is 0 Å². The Morgan fingerprint density at radius 3 is 2.68 bits per heavy atom. The summed E-state index contributed by atoms with van der Waals surface area (Å²) in [5, 5.41) is 6.95. The summed E-state index contributed by atoms with van der Waals surface area (Å²) in [5.41, 5.74) is 1.13. The van der Waals surface area contributed by atoms with E-state index in [-0.39, 0.29) is 0 Å². The molecule has 0 radical (unpaired) electrons. The summed E-state index contributed by atoms with van der Waals surface area (Å²) in [4.78, 5) is 9.03. The maximum absolute atomic E-state index is 5.43. The van der Waals surface area contributed by atoms with Crippen LogP contribution in [0.2, 0.25) is 0 Å². The van der Waals surface area contributed by atoms with E-state index in [9.17, 15) is 0 Å². The molecule has 1 aliphatic heterocycles. The molecule has 0 amide bonds. The van der Waals surface area contributed by atoms with Gasteiger partial charge in [0, 0.05) is 18.7 Å². The lowest BCUT2D eigenvalue weighted by Crippen LogP contribution is -2.23. The van der Waals surface area contributed by atoms with Gasteiger partial charge in [0.2, 0.25) is 6.79 Å². The molecule has 25 heavy (non-hydrogen) atoms. The van der Waals surface area contributed by atoms with Gasteiger partial charge in [-0.25, -0.2) is 9.97 Å². The number of nitrogens with zero attached hydrogens (tertiary/aromatic N) is 2. The maximum Gasteiger partial charge on any atom is 0.231 e. The van der Waals surface area contributed by atoms with Crippen LogP contribution in [-0.4, -0.2) is 22.8 Å². The van der Waals surface area contributed by atoms with Crippen molar-refractivity contribution in [2.45, 2.75) is 51.6 Å². The predicted molar refractivity (Wildman–Crippen MR) is 97.2 cm³/mol. The summed E-state index contributed by atoms with van der Waals surface area (Å²) in [7, 11) is 0. The van der Waals surface area contributed by atoms with Gasteiger partial charge in [-0.15, -0.1) is 0 Å². The van der Waals surface area contributed by atoms with Gasteiger partial charge in [0.15, 0.2) is 11.5 Å². The highest BCUT2D eigenvalue weighted by molar-refractivity contribution is 5.49. The molecule has 4 rings (SSSR count). The van der Waals surface area contributed by atoms with Crippen LogP contribution in [0.25, 0.3) is 0 Å². The summed E-state index contributed by atoms with van der Waals surface area (Å²) >= 11 is 0. The van der Waals surface area contributed by atoms with Crippen LogP contribution >= 0.6 is 0 Å². The summed E-state index contributed by atoms with van der Waals surface area (Å²) in [6, 6.07) is 8.51. The zero-order valence-corrected chi connectivity index (χ0v) is 14.5. The molecule has 1 aliphatic carbocycles. The number of anilines is 2. The molecule has 1 fully saturated rings. The molecule has 1 aromatic heterocycles. The Labute approximate surface area is 148 Å². The Balaban J connectivity index is 1.41. The van der Waals surface area contributed by atoms with Crippen LogP contribution in [0.5, 0.6) is 11.5 Å². The van der Waals surface area contributed by atoms with Crippen LogP contribution < -0.4 is 20.1 Å². The van der Waals surface area contributed by atoms with E-state index in [0.29, 0.717) is 19.4 Å². The highest BCUT2D eigenvalue weighted by atomic mass is 16.7. The summed E-state index contributed by atoms with van der Waals surface area (Å²) in [6.45, 7) is 2.90. The molecule has 0 bridgehead atoms. The average molecular weight is 340 g/mol. The van der Waals surface area contributed by atoms with Crippen molar-refractivity contribution >= 4 is 11.6 Å². The number of rotatable bonds is 5. The molecule has 0 atom stereocenters. The molecule has 0 saturated heterocycles. The Bertz CT molecular complexity index is 744. The molecule has 1 saturated carbocycles. The smallest absolute Gasteiger partial charge is 0.231 e. The van der Waals surface area contributed by atoms with Crippen molar-refractivity contribution in [3.8, 4) is 11.5 Å². The normalized spacial score (nSPS) is 16.7. The minimum atomic E-state index is 0.299. The van der Waals surface area contributed by atoms with Crippen LogP contribution in [-0.2, 0) is 6.54 Å². The first kappa shape index (κ1) is 16.0. The third-order valence-corrected chi connectivity index (χ3v) is 4.71. The van der Waals surface area contributed by atoms with Crippen LogP contribution in [0, 0.1) is 6.92 Å². The van der Waals surface area contributed by atoms with Gasteiger partial charge in [0.05, 0.1) is 0 Å². The van der Waals surface area contributed by atoms with Gasteiger partial charge < -0.3 is 20.1 Å². The number of hydrogen-bond acceptors (Lipinski definition) is 6. The monoisotopic (exact) mass is 340 g/mol. The number of benzene rings is 1. The first-order chi connectivity index (χ1) is 12.3. The number of fused-ring (bicyclic) bond motifs is 1. The zero-order chi connectivity index (χ0) is 17.1. The van der Waals surface area contributed by atoms with E-state index in [1.54, 1.807) is 0 Å². The van der Waals surface area contributed by atoms with Gasteiger partial charge in [0.25, 0.3) is 0 Å². The van der Waals surface area contributed by atoms with E-state index in [1.165, 1.54) is 32.1 Å². The highest BCUT2D eigenvalue weighted by Crippen LogP contribution is 2.32. The van der Waals surface area contributed by atoms with Crippen molar-refractivity contribution in [3.05, 3.63) is 35.7 Å². The second-order valence-corrected chi connectivity index (χ2v) is 6.71. The Hall–Kier alpha value is -2.50. The van der Waals surface area contributed by atoms with Crippen LogP contribution in [0.3, 0.4) is 0 Å². The van der Waals surface area contributed by atoms with Gasteiger partial charge in [0.1, 0.15) is 17.5 Å². The standard InChI is InChI=1S/C19H24N4O2/c1-13-21-18(10-19(22-13)23-15-5-3-2-4-6-15)20-11-14-7-8-16-17(9-14)25-12-24-16/h7-10,15H,2-6,11-12H2,1H3,(H2,20,21,22,23). The lowest BCUT2D eigenvalue weighted by molar-refractivity contribution is 0.174. The number of hydrogen-bond donors (Lipinski definition) is 2. The fourth-order valence-electron chi connectivity index (χ4n) is 3.43. The first-order valence-corrected chi connectivity index (χ1v) is 9.01. The molecule has 132 valence electrons. The van der Waals surface area contributed by atoms with Gasteiger partial charge in [-0.3, -0.25) is 0 Å². The molecular weight excluding hydrogens is 316 g/mol. The van der Waals surface area contributed by atoms with E-state index in [2.05, 4.69) is 20.6 Å². The molecule has 2 aromatic rings. The molecule has 1 aromatic carbocycles. The van der Waals surface area contributed by atoms with E-state index < -0.39 is 0 Å². The minimum absolute atomic E-state index is 0.299. The number of nitrogens with one attached hydrogen (secondary N) is 2. The fraction of sp³-hybridized carbons (Fsp3) is 0.474. The molecule has 0 unspecified atom stereocenters. The fourth-order valence-corrected chi connectivity index (χ4v) is 3.43. The van der Waals surface area contributed by atoms with Gasteiger partial charge >= 0.3 is 0 Å². The third-order valence-electron chi connectivity index (χ3n) is 4.71. The minimum Gasteiger partial charge on any atom is -0.454 e. The molecule has 6 nitrogen and oxygen atoms in total. The van der Waals surface area contributed by atoms with Gasteiger partial charge in [-0.05, 0) is 37.5 Å². The summed E-state index contributed by atoms with van der Waals surface area (Å²) in [6.07, 6.45) is 6.41. The third kappa shape index (κ3) is 3.95. The summed E-state index contributed by atoms with van der Waals surface area (Å²) < 4.78 is 10.8. The van der Waals surface area contributed by atoms with E-state index in [0.717, 1.165) is 34.5 Å². The molecular formula is C19H24N4O2. The molecule has 2 aliphatic rings. The Morgan fingerprint density at radius 1 is 1.00 bits per heavy atom. The second-order valence-electron chi connectivity index (χ2n) is 6.71. The number of aromatic nitrogens is 2. The number of aryl methyl sites for hydroxylation is 1. The first-order valence-electron chi connectivity index (χ1n) is 9.01. The van der Waals surface area contributed by atoms with Crippen molar-refractivity contribution in [2.75, 3.05) is 17.4 Å². The van der Waals surface area contributed by atoms with Gasteiger partial charge in [-0.2, -0.15) is 0 Å². The van der Waals surface area contributed by atoms with Crippen molar-refractivity contribution < 1.29 is 9.47 Å². The van der Waals surface area contributed by atoms with Crippen LogP contribution in [0.1, 0.15) is 43.5 Å². The molecule has 2 N–H and O–H groups in total. The van der Waals surface area contributed by atoms with E-state index in [4.69, 9.17) is 9.47 Å². The molecule has 0 spiro atoms. The SMILES string of the molecule is Cc1nc(NCc2ccc3c(c2)OCO3)cc(NC2CCCCC2)n1. The topological polar surface area (TPSA) is 68.3 Å². The summed E-state index contributed by atoms with van der Waals surface area (Å²) in [5.74, 6) is 4.13. The Kier molecular flexibility index (Phi) is 4.59. The van der Waals surface area contributed by atoms with Crippen molar-refractivity contribution in [2.24, 2.45) is 0 Å². The molecule has 6 heteroatoms. The van der Waals surface area contributed by atoms with E-state index >= 15 is 0 Å². The van der Waals surface area contributed by atoms with Crippen molar-refractivity contribution in [3.63, 3.8) is 0 Å². The van der Waals surface area contributed by atoms with Crippen molar-refractivity contribution in [1.82, 2.24) is 9.97 Å². The lowest BCUT2D eigenvalue weighted by Gasteiger charge is -2.23. The molecule has 2 heterocycles. The number of ether oxygens (including phenoxy) is 2.